The Morgan fingerprint density at radius 2 is 1.90 bits per heavy atom. The minimum Gasteiger partial charge on any atom is -0.454 e. The van der Waals surface area contributed by atoms with Gasteiger partial charge in [-0.2, -0.15) is 0 Å². The van der Waals surface area contributed by atoms with Crippen molar-refractivity contribution >= 4 is 14.2 Å². The Hall–Kier alpha value is -2.31. The van der Waals surface area contributed by atoms with Gasteiger partial charge in [-0.1, -0.05) is 44.0 Å². The van der Waals surface area contributed by atoms with Gasteiger partial charge in [-0.05, 0) is 55.4 Å². The minimum absolute atomic E-state index is 0.0556. The molecule has 5 nitrogen and oxygen atoms in total. The van der Waals surface area contributed by atoms with Crippen LogP contribution in [0.2, 0.25) is 19.1 Å². The Morgan fingerprint density at radius 3 is 2.67 bits per heavy atom. The molecular formula is C24H33NO4Si. The molecule has 0 aliphatic carbocycles. The number of unbranched alkanes of at least 4 members (excludes halogenated alkanes) is 1. The number of rotatable bonds is 11. The summed E-state index contributed by atoms with van der Waals surface area (Å²) in [5.74, 6) is 1.63. The minimum atomic E-state index is -1.64. The standard InChI is InChI=1S/C24H33NO4Si/c1-4-5-15-30(2,3)29-14-13-21(17-25-24(26)19-9-7-6-8-10-19)20-11-12-22-23(16-20)28-18-27-22/h6-12,16,21H,4-5,13-15,17-18H2,1-3H3,(H,25,26). The Labute approximate surface area is 180 Å². The molecule has 2 aromatic rings. The summed E-state index contributed by atoms with van der Waals surface area (Å²) >= 11 is 0. The van der Waals surface area contributed by atoms with Gasteiger partial charge in [0.2, 0.25) is 6.79 Å². The Balaban J connectivity index is 1.65. The molecule has 1 amide bonds. The average Bonchev–Trinajstić information content (AvgIpc) is 3.23. The summed E-state index contributed by atoms with van der Waals surface area (Å²) < 4.78 is 17.3. The highest BCUT2D eigenvalue weighted by atomic mass is 28.4. The fourth-order valence-electron chi connectivity index (χ4n) is 3.61. The van der Waals surface area contributed by atoms with Crippen LogP contribution in [0.4, 0.5) is 0 Å². The molecule has 1 N–H and O–H groups in total. The molecule has 0 spiro atoms. The summed E-state index contributed by atoms with van der Waals surface area (Å²) in [5, 5.41) is 3.09. The third-order valence-corrected chi connectivity index (χ3v) is 8.05. The van der Waals surface area contributed by atoms with Gasteiger partial charge in [-0.3, -0.25) is 4.79 Å². The highest BCUT2D eigenvalue weighted by Gasteiger charge is 2.23. The molecular weight excluding hydrogens is 394 g/mol. The summed E-state index contributed by atoms with van der Waals surface area (Å²) in [6.45, 7) is 8.30. The summed E-state index contributed by atoms with van der Waals surface area (Å²) in [5.41, 5.74) is 1.80. The highest BCUT2D eigenvalue weighted by molar-refractivity contribution is 6.71. The lowest BCUT2D eigenvalue weighted by atomic mass is 9.95. The molecule has 1 heterocycles. The van der Waals surface area contributed by atoms with Crippen molar-refractivity contribution in [2.75, 3.05) is 19.9 Å². The molecule has 0 saturated carbocycles. The first kappa shape index (κ1) is 22.4. The Bertz CT molecular complexity index is 825. The number of amides is 1. The van der Waals surface area contributed by atoms with Crippen molar-refractivity contribution in [3.05, 3.63) is 59.7 Å². The van der Waals surface area contributed by atoms with Crippen molar-refractivity contribution in [3.8, 4) is 11.5 Å². The molecule has 30 heavy (non-hydrogen) atoms. The van der Waals surface area contributed by atoms with Gasteiger partial charge in [0.25, 0.3) is 5.91 Å². The van der Waals surface area contributed by atoms with Crippen LogP contribution in [0.3, 0.4) is 0 Å². The number of carbonyl (C=O) groups excluding carboxylic acids is 1. The van der Waals surface area contributed by atoms with Gasteiger partial charge in [0.1, 0.15) is 0 Å². The zero-order valence-electron chi connectivity index (χ0n) is 18.3. The van der Waals surface area contributed by atoms with Gasteiger partial charge in [0.05, 0.1) is 0 Å². The fourth-order valence-corrected chi connectivity index (χ4v) is 5.63. The fraction of sp³-hybridized carbons (Fsp3) is 0.458. The largest absolute Gasteiger partial charge is 0.454 e. The molecule has 2 aromatic carbocycles. The molecule has 0 fully saturated rings. The van der Waals surface area contributed by atoms with Crippen LogP contribution in [0.15, 0.2) is 48.5 Å². The molecule has 1 unspecified atom stereocenters. The van der Waals surface area contributed by atoms with Crippen LogP contribution in [0.5, 0.6) is 11.5 Å². The summed E-state index contributed by atoms with van der Waals surface area (Å²) in [4.78, 5) is 12.5. The Morgan fingerprint density at radius 1 is 1.13 bits per heavy atom. The molecule has 0 aromatic heterocycles. The number of benzene rings is 2. The maximum atomic E-state index is 12.5. The lowest BCUT2D eigenvalue weighted by molar-refractivity contribution is 0.0949. The maximum absolute atomic E-state index is 12.5. The quantitative estimate of drug-likeness (QED) is 0.492. The summed E-state index contributed by atoms with van der Waals surface area (Å²) in [6, 6.07) is 16.5. The topological polar surface area (TPSA) is 56.8 Å². The van der Waals surface area contributed by atoms with Crippen molar-refractivity contribution in [2.45, 2.75) is 51.2 Å². The lowest BCUT2D eigenvalue weighted by Gasteiger charge is -2.25. The van der Waals surface area contributed by atoms with Crippen LogP contribution in [0, 0.1) is 0 Å². The Kier molecular flexibility index (Phi) is 7.93. The molecule has 0 radical (unpaired) electrons. The number of fused-ring (bicyclic) bond motifs is 1. The third kappa shape index (κ3) is 6.34. The monoisotopic (exact) mass is 427 g/mol. The molecule has 0 bridgehead atoms. The van der Waals surface area contributed by atoms with Crippen LogP contribution in [0.25, 0.3) is 0 Å². The molecule has 6 heteroatoms. The van der Waals surface area contributed by atoms with Crippen molar-refractivity contribution in [1.82, 2.24) is 5.32 Å². The van der Waals surface area contributed by atoms with Gasteiger partial charge in [0, 0.05) is 24.6 Å². The molecule has 0 saturated heterocycles. The van der Waals surface area contributed by atoms with E-state index in [-0.39, 0.29) is 18.6 Å². The van der Waals surface area contributed by atoms with Crippen LogP contribution in [-0.4, -0.2) is 34.2 Å². The predicted octanol–water partition coefficient (Wildman–Crippen LogP) is 5.34. The van der Waals surface area contributed by atoms with Gasteiger partial charge in [-0.15, -0.1) is 0 Å². The van der Waals surface area contributed by atoms with E-state index < -0.39 is 8.32 Å². The molecule has 1 atom stereocenters. The van der Waals surface area contributed by atoms with Crippen LogP contribution in [0.1, 0.15) is 48.0 Å². The number of hydrogen-bond donors (Lipinski definition) is 1. The number of hydrogen-bond acceptors (Lipinski definition) is 4. The van der Waals surface area contributed by atoms with E-state index in [9.17, 15) is 4.79 Å². The zero-order chi connectivity index (χ0) is 21.4. The van der Waals surface area contributed by atoms with E-state index in [0.29, 0.717) is 18.7 Å². The number of ether oxygens (including phenoxy) is 2. The first-order valence-electron chi connectivity index (χ1n) is 10.9. The van der Waals surface area contributed by atoms with E-state index in [1.807, 2.05) is 42.5 Å². The highest BCUT2D eigenvalue weighted by Crippen LogP contribution is 2.35. The summed E-state index contributed by atoms with van der Waals surface area (Å²) in [7, 11) is -1.64. The van der Waals surface area contributed by atoms with Crippen molar-refractivity contribution in [2.24, 2.45) is 0 Å². The van der Waals surface area contributed by atoms with Gasteiger partial charge in [-0.25, -0.2) is 0 Å². The smallest absolute Gasteiger partial charge is 0.251 e. The first-order valence-corrected chi connectivity index (χ1v) is 14.0. The van der Waals surface area contributed by atoms with Crippen LogP contribution >= 0.6 is 0 Å². The SMILES string of the molecule is CCCC[Si](C)(C)OCCC(CNC(=O)c1ccccc1)c1ccc2c(c1)OCO2. The maximum Gasteiger partial charge on any atom is 0.251 e. The second-order valence-corrected chi connectivity index (χ2v) is 12.7. The second-order valence-electron chi connectivity index (χ2n) is 8.39. The van der Waals surface area contributed by atoms with E-state index >= 15 is 0 Å². The van der Waals surface area contributed by atoms with Gasteiger partial charge >= 0.3 is 0 Å². The third-order valence-electron chi connectivity index (χ3n) is 5.50. The van der Waals surface area contributed by atoms with E-state index in [1.165, 1.54) is 18.9 Å². The van der Waals surface area contributed by atoms with Gasteiger partial charge in [0.15, 0.2) is 19.8 Å². The number of nitrogens with one attached hydrogen (secondary N) is 1. The van der Waals surface area contributed by atoms with Crippen molar-refractivity contribution in [1.29, 1.82) is 0 Å². The van der Waals surface area contributed by atoms with E-state index in [0.717, 1.165) is 23.5 Å². The van der Waals surface area contributed by atoms with Crippen LogP contribution < -0.4 is 14.8 Å². The predicted molar refractivity (Wildman–Crippen MR) is 122 cm³/mol. The average molecular weight is 428 g/mol. The zero-order valence-corrected chi connectivity index (χ0v) is 19.3. The van der Waals surface area contributed by atoms with E-state index in [2.05, 4.69) is 31.4 Å². The van der Waals surface area contributed by atoms with Crippen LogP contribution in [-0.2, 0) is 4.43 Å². The lowest BCUT2D eigenvalue weighted by Crippen LogP contribution is -2.32. The molecule has 162 valence electrons. The number of carbonyl (C=O) groups is 1. The van der Waals surface area contributed by atoms with Gasteiger partial charge < -0.3 is 19.2 Å². The molecule has 1 aliphatic rings. The normalized spacial score (nSPS) is 13.8. The second kappa shape index (κ2) is 10.6. The molecule has 1 aliphatic heterocycles. The first-order chi connectivity index (χ1) is 14.5. The van der Waals surface area contributed by atoms with E-state index in [1.54, 1.807) is 0 Å². The molecule has 3 rings (SSSR count). The van der Waals surface area contributed by atoms with Crippen molar-refractivity contribution in [3.63, 3.8) is 0 Å². The van der Waals surface area contributed by atoms with E-state index in [4.69, 9.17) is 13.9 Å². The summed E-state index contributed by atoms with van der Waals surface area (Å²) in [6.07, 6.45) is 3.26. The van der Waals surface area contributed by atoms with Crippen molar-refractivity contribution < 1.29 is 18.7 Å².